The molecule has 0 atom stereocenters. The lowest BCUT2D eigenvalue weighted by atomic mass is 9.94. The predicted octanol–water partition coefficient (Wildman–Crippen LogP) is 7.64. The van der Waals surface area contributed by atoms with E-state index in [9.17, 15) is 4.39 Å². The number of benzene rings is 3. The maximum atomic E-state index is 13.9. The Balaban J connectivity index is 1.60. The van der Waals surface area contributed by atoms with Crippen LogP contribution in [-0.4, -0.2) is 0 Å². The summed E-state index contributed by atoms with van der Waals surface area (Å²) < 4.78 is 22.4. The first-order chi connectivity index (χ1) is 15.5. The SMILES string of the molecule is Cc1cc2c(oc3cc(F)ccc32)c(-c2ccc3cc(C4CCCC4)ccc3[n+]2C)c1C. The number of aryl methyl sites for hydroxylation is 2. The number of hydrogen-bond donors (Lipinski definition) is 0. The van der Waals surface area contributed by atoms with Gasteiger partial charge in [0.25, 0.3) is 0 Å². The standard InChI is InChI=1S/C29H27FNO/c1-17-14-24-23-11-10-22(30)16-27(23)32-29(24)28(18(17)2)26-13-9-21-15-20(19-6-4-5-7-19)8-12-25(21)31(26)3/h8-16,19H,4-7H2,1-3H3/q+1. The van der Waals surface area contributed by atoms with Gasteiger partial charge in [-0.3, -0.25) is 0 Å². The van der Waals surface area contributed by atoms with Crippen molar-refractivity contribution in [3.63, 3.8) is 0 Å². The van der Waals surface area contributed by atoms with E-state index in [2.05, 4.69) is 61.9 Å². The van der Waals surface area contributed by atoms with Gasteiger partial charge in [0.05, 0.1) is 5.56 Å². The van der Waals surface area contributed by atoms with E-state index in [-0.39, 0.29) is 5.82 Å². The molecule has 0 saturated heterocycles. The monoisotopic (exact) mass is 424 g/mol. The van der Waals surface area contributed by atoms with Crippen molar-refractivity contribution < 1.29 is 13.4 Å². The fourth-order valence-electron chi connectivity index (χ4n) is 5.61. The fraction of sp³-hybridized carbons (Fsp3) is 0.276. The number of rotatable bonds is 2. The van der Waals surface area contributed by atoms with Gasteiger partial charge in [0.1, 0.15) is 24.0 Å². The molecule has 1 saturated carbocycles. The van der Waals surface area contributed by atoms with Crippen LogP contribution < -0.4 is 4.57 Å². The van der Waals surface area contributed by atoms with Gasteiger partial charge in [-0.2, -0.15) is 4.57 Å². The van der Waals surface area contributed by atoms with E-state index < -0.39 is 0 Å². The zero-order valence-corrected chi connectivity index (χ0v) is 18.8. The lowest BCUT2D eigenvalue weighted by molar-refractivity contribution is -0.633. The van der Waals surface area contributed by atoms with Crippen molar-refractivity contribution in [3.05, 3.63) is 77.1 Å². The molecule has 0 amide bonds. The number of nitrogens with zero attached hydrogens (tertiary/aromatic N) is 1. The molecule has 2 nitrogen and oxygen atoms in total. The van der Waals surface area contributed by atoms with Gasteiger partial charge >= 0.3 is 0 Å². The molecule has 0 N–H and O–H groups in total. The Morgan fingerprint density at radius 1 is 0.906 bits per heavy atom. The van der Waals surface area contributed by atoms with Crippen LogP contribution in [0.25, 0.3) is 44.1 Å². The summed E-state index contributed by atoms with van der Waals surface area (Å²) in [4.78, 5) is 0. The van der Waals surface area contributed by atoms with Gasteiger partial charge in [0, 0.05) is 34.4 Å². The second kappa shape index (κ2) is 7.16. The van der Waals surface area contributed by atoms with Crippen LogP contribution in [0.3, 0.4) is 0 Å². The molecule has 0 radical (unpaired) electrons. The molecule has 1 fully saturated rings. The third-order valence-electron chi connectivity index (χ3n) is 7.52. The Bertz CT molecular complexity index is 1520. The average Bonchev–Trinajstić information content (AvgIpc) is 3.43. The molecule has 6 rings (SSSR count). The third kappa shape index (κ3) is 2.87. The van der Waals surface area contributed by atoms with E-state index in [4.69, 9.17) is 4.42 Å². The molecule has 2 heterocycles. The van der Waals surface area contributed by atoms with Crippen LogP contribution in [0.1, 0.15) is 48.3 Å². The molecule has 1 aliphatic carbocycles. The van der Waals surface area contributed by atoms with Crippen LogP contribution in [-0.2, 0) is 7.05 Å². The van der Waals surface area contributed by atoms with Crippen molar-refractivity contribution in [2.75, 3.05) is 0 Å². The topological polar surface area (TPSA) is 17.0 Å². The Morgan fingerprint density at radius 2 is 1.72 bits per heavy atom. The Kier molecular flexibility index (Phi) is 4.36. The summed E-state index contributed by atoms with van der Waals surface area (Å²) in [7, 11) is 2.13. The van der Waals surface area contributed by atoms with Gasteiger partial charge < -0.3 is 4.42 Å². The van der Waals surface area contributed by atoms with E-state index in [1.54, 1.807) is 0 Å². The van der Waals surface area contributed by atoms with Crippen molar-refractivity contribution in [3.8, 4) is 11.3 Å². The normalized spacial score (nSPS) is 14.9. The maximum Gasteiger partial charge on any atom is 0.216 e. The van der Waals surface area contributed by atoms with Crippen molar-refractivity contribution in [1.82, 2.24) is 0 Å². The van der Waals surface area contributed by atoms with E-state index in [0.717, 1.165) is 27.6 Å². The third-order valence-corrected chi connectivity index (χ3v) is 7.52. The summed E-state index contributed by atoms with van der Waals surface area (Å²) in [5, 5.41) is 3.26. The summed E-state index contributed by atoms with van der Waals surface area (Å²) in [6.07, 6.45) is 5.31. The van der Waals surface area contributed by atoms with Crippen LogP contribution in [0.2, 0.25) is 0 Å². The van der Waals surface area contributed by atoms with Crippen LogP contribution in [0, 0.1) is 19.7 Å². The van der Waals surface area contributed by atoms with Gasteiger partial charge in [0.2, 0.25) is 11.2 Å². The highest BCUT2D eigenvalue weighted by atomic mass is 19.1. The second-order valence-corrected chi connectivity index (χ2v) is 9.39. The van der Waals surface area contributed by atoms with Crippen molar-refractivity contribution in [2.45, 2.75) is 45.4 Å². The first-order valence-corrected chi connectivity index (χ1v) is 11.6. The summed E-state index contributed by atoms with van der Waals surface area (Å²) in [6, 6.07) is 18.4. The minimum absolute atomic E-state index is 0.277. The molecule has 5 aromatic rings. The van der Waals surface area contributed by atoms with E-state index in [1.807, 2.05) is 6.07 Å². The highest BCUT2D eigenvalue weighted by Gasteiger charge is 2.24. The highest BCUT2D eigenvalue weighted by Crippen LogP contribution is 2.39. The number of halogens is 1. The van der Waals surface area contributed by atoms with Crippen molar-refractivity contribution >= 4 is 32.8 Å². The summed E-state index contributed by atoms with van der Waals surface area (Å²) in [5.74, 6) is 0.430. The average molecular weight is 425 g/mol. The molecule has 2 aromatic heterocycles. The van der Waals surface area contributed by atoms with E-state index >= 15 is 0 Å². The minimum Gasteiger partial charge on any atom is -0.455 e. The lowest BCUT2D eigenvalue weighted by Gasteiger charge is -2.12. The lowest BCUT2D eigenvalue weighted by Crippen LogP contribution is -2.32. The highest BCUT2D eigenvalue weighted by molar-refractivity contribution is 6.10. The van der Waals surface area contributed by atoms with Crippen LogP contribution >= 0.6 is 0 Å². The van der Waals surface area contributed by atoms with Gasteiger partial charge in [-0.1, -0.05) is 18.9 Å². The first-order valence-electron chi connectivity index (χ1n) is 11.6. The van der Waals surface area contributed by atoms with Gasteiger partial charge in [-0.25, -0.2) is 4.39 Å². The number of furan rings is 1. The minimum atomic E-state index is -0.277. The predicted molar refractivity (Wildman–Crippen MR) is 128 cm³/mol. The van der Waals surface area contributed by atoms with Crippen LogP contribution in [0.15, 0.2) is 59.0 Å². The number of aromatic nitrogens is 1. The molecular formula is C29H27FNO+. The van der Waals surface area contributed by atoms with E-state index in [0.29, 0.717) is 11.5 Å². The Labute approximate surface area is 187 Å². The molecule has 32 heavy (non-hydrogen) atoms. The molecule has 160 valence electrons. The first kappa shape index (κ1) is 19.5. The molecular weight excluding hydrogens is 397 g/mol. The number of fused-ring (bicyclic) bond motifs is 4. The quantitative estimate of drug-likeness (QED) is 0.266. The number of pyridine rings is 1. The molecule has 0 unspecified atom stereocenters. The summed E-state index contributed by atoms with van der Waals surface area (Å²) in [5.41, 5.74) is 8.68. The number of hydrogen-bond acceptors (Lipinski definition) is 1. The molecule has 1 aliphatic rings. The van der Waals surface area contributed by atoms with Crippen molar-refractivity contribution in [1.29, 1.82) is 0 Å². The summed E-state index contributed by atoms with van der Waals surface area (Å²) >= 11 is 0. The molecule has 0 spiro atoms. The van der Waals surface area contributed by atoms with Crippen LogP contribution in [0.4, 0.5) is 4.39 Å². The Morgan fingerprint density at radius 3 is 2.53 bits per heavy atom. The van der Waals surface area contributed by atoms with E-state index in [1.165, 1.54) is 65.4 Å². The maximum absolute atomic E-state index is 13.9. The van der Waals surface area contributed by atoms with Gasteiger partial charge in [0.15, 0.2) is 0 Å². The van der Waals surface area contributed by atoms with Crippen molar-refractivity contribution in [2.24, 2.45) is 7.05 Å². The Hall–Kier alpha value is -3.20. The molecule has 3 heteroatoms. The van der Waals surface area contributed by atoms with Crippen LogP contribution in [0.5, 0.6) is 0 Å². The van der Waals surface area contributed by atoms with Gasteiger partial charge in [-0.15, -0.1) is 0 Å². The zero-order chi connectivity index (χ0) is 22.0. The second-order valence-electron chi connectivity index (χ2n) is 9.39. The summed E-state index contributed by atoms with van der Waals surface area (Å²) in [6.45, 7) is 4.28. The smallest absolute Gasteiger partial charge is 0.216 e. The van der Waals surface area contributed by atoms with Gasteiger partial charge in [-0.05, 0) is 79.6 Å². The molecule has 0 bridgehead atoms. The fourth-order valence-corrected chi connectivity index (χ4v) is 5.61. The molecule has 0 aliphatic heterocycles. The zero-order valence-electron chi connectivity index (χ0n) is 18.8. The largest absolute Gasteiger partial charge is 0.455 e. The molecule has 3 aromatic carbocycles.